The van der Waals surface area contributed by atoms with Crippen LogP contribution in [0, 0.1) is 6.92 Å². The van der Waals surface area contributed by atoms with Gasteiger partial charge in [0.25, 0.3) is 0 Å². The molecule has 7 heteroatoms. The van der Waals surface area contributed by atoms with Gasteiger partial charge in [-0.2, -0.15) is 4.31 Å². The van der Waals surface area contributed by atoms with Gasteiger partial charge in [-0.3, -0.25) is 4.90 Å². The van der Waals surface area contributed by atoms with E-state index in [1.807, 2.05) is 19.1 Å². The van der Waals surface area contributed by atoms with Crippen molar-refractivity contribution in [3.63, 3.8) is 0 Å². The predicted octanol–water partition coefficient (Wildman–Crippen LogP) is 3.65. The average molecular weight is 408 g/mol. The molecule has 0 unspecified atom stereocenters. The fourth-order valence-corrected chi connectivity index (χ4v) is 5.53. The number of benzene rings is 1. The van der Waals surface area contributed by atoms with Crippen LogP contribution < -0.4 is 0 Å². The van der Waals surface area contributed by atoms with Crippen molar-refractivity contribution >= 4 is 21.4 Å². The van der Waals surface area contributed by atoms with E-state index in [4.69, 9.17) is 4.98 Å². The topological polar surface area (TPSA) is 53.5 Å². The minimum absolute atomic E-state index is 0.0701. The van der Waals surface area contributed by atoms with Crippen molar-refractivity contribution in [2.75, 3.05) is 26.2 Å². The van der Waals surface area contributed by atoms with Crippen LogP contribution in [-0.2, 0) is 22.0 Å². The normalized spacial score (nSPS) is 17.8. The van der Waals surface area contributed by atoms with E-state index in [2.05, 4.69) is 31.1 Å². The van der Waals surface area contributed by atoms with Crippen molar-refractivity contribution in [3.8, 4) is 0 Å². The van der Waals surface area contributed by atoms with Crippen LogP contribution in [0.5, 0.6) is 0 Å². The summed E-state index contributed by atoms with van der Waals surface area (Å²) in [5.74, 6) is 0. The molecule has 1 aliphatic heterocycles. The quantitative estimate of drug-likeness (QED) is 0.776. The summed E-state index contributed by atoms with van der Waals surface area (Å²) in [5, 5.41) is 3.28. The minimum atomic E-state index is -3.42. The Hall–Kier alpha value is -1.28. The number of aromatic nitrogens is 1. The molecule has 0 spiro atoms. The number of hydrogen-bond donors (Lipinski definition) is 0. The zero-order chi connectivity index (χ0) is 19.7. The van der Waals surface area contributed by atoms with Gasteiger partial charge in [0.2, 0.25) is 10.0 Å². The van der Waals surface area contributed by atoms with E-state index in [-0.39, 0.29) is 5.41 Å². The lowest BCUT2D eigenvalue weighted by molar-refractivity contribution is 0.275. The van der Waals surface area contributed by atoms with E-state index in [0.717, 1.165) is 42.3 Å². The predicted molar refractivity (Wildman–Crippen MR) is 111 cm³/mol. The molecule has 5 nitrogen and oxygen atoms in total. The van der Waals surface area contributed by atoms with Gasteiger partial charge in [0.15, 0.2) is 0 Å². The fourth-order valence-electron chi connectivity index (χ4n) is 3.16. The standard InChI is InChI=1S/C20H29N3O2S2/c1-16-6-8-18(9-7-16)27(24,25)23-11-5-10-22(12-13-23)14-17-15-26-19(21-17)20(2,3)4/h6-9,15H,5,10-14H2,1-4H3. The molecule has 0 bridgehead atoms. The maximum atomic E-state index is 12.9. The Morgan fingerprint density at radius 1 is 1.07 bits per heavy atom. The molecule has 1 saturated heterocycles. The molecule has 1 aromatic carbocycles. The van der Waals surface area contributed by atoms with Gasteiger partial charge >= 0.3 is 0 Å². The molecule has 0 aliphatic carbocycles. The zero-order valence-electron chi connectivity index (χ0n) is 16.6. The van der Waals surface area contributed by atoms with Crippen molar-refractivity contribution in [3.05, 3.63) is 45.9 Å². The van der Waals surface area contributed by atoms with Gasteiger partial charge in [-0.05, 0) is 32.0 Å². The Bertz CT molecular complexity index is 867. The molecule has 0 radical (unpaired) electrons. The summed E-state index contributed by atoms with van der Waals surface area (Å²) in [5.41, 5.74) is 2.22. The van der Waals surface area contributed by atoms with Crippen LogP contribution in [0.3, 0.4) is 0 Å². The Morgan fingerprint density at radius 2 is 1.78 bits per heavy atom. The maximum absolute atomic E-state index is 12.9. The second-order valence-corrected chi connectivity index (χ2v) is 11.0. The van der Waals surface area contributed by atoms with Crippen molar-refractivity contribution in [1.82, 2.24) is 14.2 Å². The summed E-state index contributed by atoms with van der Waals surface area (Å²) in [6, 6.07) is 7.12. The molecule has 1 fully saturated rings. The van der Waals surface area contributed by atoms with Gasteiger partial charge in [0.05, 0.1) is 15.6 Å². The summed E-state index contributed by atoms with van der Waals surface area (Å²) < 4.78 is 27.5. The second kappa shape index (κ2) is 7.99. The Morgan fingerprint density at radius 3 is 2.41 bits per heavy atom. The molecule has 3 rings (SSSR count). The Balaban J connectivity index is 1.65. The van der Waals surface area contributed by atoms with Crippen LogP contribution in [-0.4, -0.2) is 48.8 Å². The van der Waals surface area contributed by atoms with Crippen molar-refractivity contribution in [1.29, 1.82) is 0 Å². The lowest BCUT2D eigenvalue weighted by atomic mass is 9.98. The lowest BCUT2D eigenvalue weighted by Crippen LogP contribution is -2.35. The molecule has 27 heavy (non-hydrogen) atoms. The van der Waals surface area contributed by atoms with Crippen molar-refractivity contribution in [2.45, 2.75) is 51.0 Å². The van der Waals surface area contributed by atoms with E-state index < -0.39 is 10.0 Å². The third-order valence-electron chi connectivity index (χ3n) is 4.79. The molecular formula is C20H29N3O2S2. The van der Waals surface area contributed by atoms with Gasteiger partial charge in [-0.15, -0.1) is 11.3 Å². The molecule has 1 aromatic heterocycles. The third kappa shape index (κ3) is 4.96. The number of nitrogens with zero attached hydrogens (tertiary/aromatic N) is 3. The van der Waals surface area contributed by atoms with Crippen molar-refractivity contribution < 1.29 is 8.42 Å². The zero-order valence-corrected chi connectivity index (χ0v) is 18.2. The molecular weight excluding hydrogens is 378 g/mol. The van der Waals surface area contributed by atoms with Crippen LogP contribution in [0.25, 0.3) is 0 Å². The fraction of sp³-hybridized carbons (Fsp3) is 0.550. The summed E-state index contributed by atoms with van der Waals surface area (Å²) in [7, 11) is -3.42. The number of sulfonamides is 1. The van der Waals surface area contributed by atoms with E-state index in [9.17, 15) is 8.42 Å². The molecule has 0 N–H and O–H groups in total. The van der Waals surface area contributed by atoms with Crippen LogP contribution in [0.2, 0.25) is 0 Å². The first-order valence-corrected chi connectivity index (χ1v) is 11.7. The SMILES string of the molecule is Cc1ccc(S(=O)(=O)N2CCCN(Cc3csc(C(C)(C)C)n3)CC2)cc1. The number of aryl methyl sites for hydroxylation is 1. The van der Waals surface area contributed by atoms with E-state index in [1.54, 1.807) is 27.8 Å². The Kier molecular flexibility index (Phi) is 6.05. The van der Waals surface area contributed by atoms with E-state index >= 15 is 0 Å². The molecule has 2 heterocycles. The van der Waals surface area contributed by atoms with Gasteiger partial charge in [-0.25, -0.2) is 13.4 Å². The van der Waals surface area contributed by atoms with E-state index in [0.29, 0.717) is 18.0 Å². The van der Waals surface area contributed by atoms with Gasteiger partial charge in [-0.1, -0.05) is 38.5 Å². The highest BCUT2D eigenvalue weighted by molar-refractivity contribution is 7.89. The summed E-state index contributed by atoms with van der Waals surface area (Å²) in [6.07, 6.45) is 0.835. The monoisotopic (exact) mass is 407 g/mol. The molecule has 148 valence electrons. The van der Waals surface area contributed by atoms with Crippen LogP contribution in [0.1, 0.15) is 43.5 Å². The first kappa shape index (κ1) is 20.5. The number of rotatable bonds is 4. The smallest absolute Gasteiger partial charge is 0.243 e. The summed E-state index contributed by atoms with van der Waals surface area (Å²) >= 11 is 1.71. The van der Waals surface area contributed by atoms with Gasteiger partial charge in [0, 0.05) is 37.0 Å². The third-order valence-corrected chi connectivity index (χ3v) is 8.01. The van der Waals surface area contributed by atoms with Gasteiger partial charge < -0.3 is 0 Å². The van der Waals surface area contributed by atoms with Crippen LogP contribution in [0.15, 0.2) is 34.5 Å². The molecule has 0 saturated carbocycles. The lowest BCUT2D eigenvalue weighted by Gasteiger charge is -2.21. The van der Waals surface area contributed by atoms with Crippen molar-refractivity contribution in [2.24, 2.45) is 0 Å². The summed E-state index contributed by atoms with van der Waals surface area (Å²) in [4.78, 5) is 7.47. The first-order chi connectivity index (χ1) is 12.7. The Labute approximate surface area is 167 Å². The number of hydrogen-bond acceptors (Lipinski definition) is 5. The molecule has 2 aromatic rings. The average Bonchev–Trinajstić information content (AvgIpc) is 2.94. The largest absolute Gasteiger partial charge is 0.296 e. The van der Waals surface area contributed by atoms with Crippen LogP contribution >= 0.6 is 11.3 Å². The highest BCUT2D eigenvalue weighted by Gasteiger charge is 2.27. The first-order valence-electron chi connectivity index (χ1n) is 9.40. The minimum Gasteiger partial charge on any atom is -0.296 e. The maximum Gasteiger partial charge on any atom is 0.243 e. The molecule has 0 atom stereocenters. The highest BCUT2D eigenvalue weighted by atomic mass is 32.2. The molecule has 0 amide bonds. The van der Waals surface area contributed by atoms with E-state index in [1.165, 1.54) is 0 Å². The number of thiazole rings is 1. The highest BCUT2D eigenvalue weighted by Crippen LogP contribution is 2.26. The summed E-state index contributed by atoms with van der Waals surface area (Å²) in [6.45, 7) is 12.0. The molecule has 1 aliphatic rings. The van der Waals surface area contributed by atoms with Crippen LogP contribution in [0.4, 0.5) is 0 Å². The van der Waals surface area contributed by atoms with Gasteiger partial charge in [0.1, 0.15) is 0 Å². The second-order valence-electron chi connectivity index (χ2n) is 8.24.